The molecule has 0 aliphatic heterocycles. The molecule has 0 saturated carbocycles. The van der Waals surface area contributed by atoms with Crippen LogP contribution in [0.1, 0.15) is 53.6 Å². The topological polar surface area (TPSA) is 59.8 Å². The zero-order chi connectivity index (χ0) is 15.9. The monoisotopic (exact) mass is 298 g/mol. The Morgan fingerprint density at radius 1 is 1.36 bits per heavy atom. The first-order valence-electron chi connectivity index (χ1n) is 7.60. The van der Waals surface area contributed by atoms with Gasteiger partial charge in [-0.1, -0.05) is 13.8 Å². The van der Waals surface area contributed by atoms with Crippen LogP contribution in [0.2, 0.25) is 0 Å². The number of amides is 1. The van der Waals surface area contributed by atoms with Crippen molar-refractivity contribution in [2.45, 2.75) is 39.7 Å². The third-order valence-corrected chi connectivity index (χ3v) is 4.35. The average molecular weight is 298 g/mol. The molecule has 0 saturated heterocycles. The van der Waals surface area contributed by atoms with Crippen molar-refractivity contribution in [1.29, 1.82) is 0 Å². The van der Waals surface area contributed by atoms with E-state index in [1.807, 2.05) is 37.0 Å². The maximum Gasteiger partial charge on any atom is 0.253 e. The third kappa shape index (κ3) is 2.75. The van der Waals surface area contributed by atoms with Crippen LogP contribution in [-0.2, 0) is 13.5 Å². The van der Waals surface area contributed by atoms with Crippen LogP contribution < -0.4 is 5.32 Å². The molecule has 0 spiro atoms. The molecular formula is C17H22N4O. The Morgan fingerprint density at radius 2 is 2.14 bits per heavy atom. The Kier molecular flexibility index (Phi) is 3.51. The van der Waals surface area contributed by atoms with Crippen LogP contribution in [-0.4, -0.2) is 20.7 Å². The third-order valence-electron chi connectivity index (χ3n) is 4.35. The van der Waals surface area contributed by atoms with Crippen molar-refractivity contribution in [2.75, 3.05) is 0 Å². The van der Waals surface area contributed by atoms with Crippen LogP contribution in [0, 0.1) is 12.3 Å². The number of hydrogen-bond donors (Lipinski definition) is 1. The molecule has 0 fully saturated rings. The quantitative estimate of drug-likeness (QED) is 0.927. The zero-order valence-corrected chi connectivity index (χ0v) is 13.6. The van der Waals surface area contributed by atoms with Gasteiger partial charge >= 0.3 is 0 Å². The van der Waals surface area contributed by atoms with Gasteiger partial charge < -0.3 is 5.32 Å². The normalized spacial score (nSPS) is 19.5. The number of carbonyl (C=O) groups excluding carboxylic acids is 1. The van der Waals surface area contributed by atoms with Crippen LogP contribution in [0.5, 0.6) is 0 Å². The van der Waals surface area contributed by atoms with E-state index in [9.17, 15) is 4.79 Å². The summed E-state index contributed by atoms with van der Waals surface area (Å²) in [5, 5.41) is 7.51. The molecule has 22 heavy (non-hydrogen) atoms. The van der Waals surface area contributed by atoms with Crippen molar-refractivity contribution in [3.05, 3.63) is 47.0 Å². The number of hydrogen-bond acceptors (Lipinski definition) is 3. The van der Waals surface area contributed by atoms with E-state index in [4.69, 9.17) is 0 Å². The van der Waals surface area contributed by atoms with Crippen molar-refractivity contribution in [3.8, 4) is 0 Å². The van der Waals surface area contributed by atoms with Gasteiger partial charge in [0.15, 0.2) is 0 Å². The summed E-state index contributed by atoms with van der Waals surface area (Å²) < 4.78 is 1.92. The zero-order valence-electron chi connectivity index (χ0n) is 13.6. The van der Waals surface area contributed by atoms with E-state index in [2.05, 4.69) is 29.2 Å². The van der Waals surface area contributed by atoms with Crippen molar-refractivity contribution < 1.29 is 4.79 Å². The smallest absolute Gasteiger partial charge is 0.253 e. The van der Waals surface area contributed by atoms with E-state index < -0.39 is 0 Å². The van der Waals surface area contributed by atoms with Gasteiger partial charge in [0.1, 0.15) is 0 Å². The second kappa shape index (κ2) is 5.23. The Morgan fingerprint density at radius 3 is 2.82 bits per heavy atom. The minimum Gasteiger partial charge on any atom is -0.345 e. The number of aromatic nitrogens is 3. The van der Waals surface area contributed by atoms with E-state index in [1.165, 1.54) is 5.69 Å². The summed E-state index contributed by atoms with van der Waals surface area (Å²) in [7, 11) is 1.96. The highest BCUT2D eigenvalue weighted by Gasteiger charge is 2.35. The lowest BCUT2D eigenvalue weighted by Crippen LogP contribution is -2.36. The molecule has 0 radical (unpaired) electrons. The Hall–Kier alpha value is -2.17. The van der Waals surface area contributed by atoms with Gasteiger partial charge in [-0.05, 0) is 37.3 Å². The predicted octanol–water partition coefficient (Wildman–Crippen LogP) is 2.57. The number of aryl methyl sites for hydroxylation is 2. The van der Waals surface area contributed by atoms with E-state index >= 15 is 0 Å². The molecule has 2 aromatic heterocycles. The summed E-state index contributed by atoms with van der Waals surface area (Å²) in [6.45, 7) is 6.37. The summed E-state index contributed by atoms with van der Waals surface area (Å²) in [5.41, 5.74) is 3.99. The summed E-state index contributed by atoms with van der Waals surface area (Å²) in [6.07, 6.45) is 5.40. The lowest BCUT2D eigenvalue weighted by Gasteiger charge is -2.35. The fourth-order valence-electron chi connectivity index (χ4n) is 3.15. The van der Waals surface area contributed by atoms with Crippen LogP contribution in [0.15, 0.2) is 24.5 Å². The van der Waals surface area contributed by atoms with Crippen LogP contribution in [0.4, 0.5) is 0 Å². The molecule has 2 aromatic rings. The molecule has 1 amide bonds. The Labute approximate surface area is 130 Å². The SMILES string of the molecule is Cc1ccc(C(=O)N[C@@H]2CC(C)(C)Cc3c2cnn3C)cn1. The van der Waals surface area contributed by atoms with E-state index in [-0.39, 0.29) is 17.4 Å². The van der Waals surface area contributed by atoms with Gasteiger partial charge in [0.2, 0.25) is 0 Å². The van der Waals surface area contributed by atoms with Crippen molar-refractivity contribution >= 4 is 5.91 Å². The lowest BCUT2D eigenvalue weighted by molar-refractivity contribution is 0.0918. The number of fused-ring (bicyclic) bond motifs is 1. The minimum absolute atomic E-state index is 0.00116. The highest BCUT2D eigenvalue weighted by atomic mass is 16.1. The van der Waals surface area contributed by atoms with Gasteiger partial charge in [0.25, 0.3) is 5.91 Å². The molecule has 1 N–H and O–H groups in total. The molecule has 0 unspecified atom stereocenters. The molecule has 1 aliphatic rings. The maximum absolute atomic E-state index is 12.5. The summed E-state index contributed by atoms with van der Waals surface area (Å²) >= 11 is 0. The van der Waals surface area contributed by atoms with Gasteiger partial charge in [-0.3, -0.25) is 14.5 Å². The molecule has 116 valence electrons. The molecule has 3 rings (SSSR count). The number of carbonyl (C=O) groups is 1. The molecule has 0 bridgehead atoms. The minimum atomic E-state index is -0.0787. The van der Waals surface area contributed by atoms with Gasteiger partial charge in [0, 0.05) is 30.2 Å². The first kappa shape index (κ1) is 14.8. The Bertz CT molecular complexity index is 700. The molecule has 2 heterocycles. The number of nitrogens with zero attached hydrogens (tertiary/aromatic N) is 3. The highest BCUT2D eigenvalue weighted by Crippen LogP contribution is 2.40. The first-order valence-corrected chi connectivity index (χ1v) is 7.60. The van der Waals surface area contributed by atoms with Gasteiger partial charge in [-0.25, -0.2) is 0 Å². The number of pyridine rings is 1. The van der Waals surface area contributed by atoms with Crippen LogP contribution in [0.3, 0.4) is 0 Å². The molecular weight excluding hydrogens is 276 g/mol. The Balaban J connectivity index is 1.85. The highest BCUT2D eigenvalue weighted by molar-refractivity contribution is 5.94. The predicted molar refractivity (Wildman–Crippen MR) is 84.5 cm³/mol. The second-order valence-corrected chi connectivity index (χ2v) is 6.93. The molecule has 1 aliphatic carbocycles. The molecule has 0 aromatic carbocycles. The van der Waals surface area contributed by atoms with Crippen molar-refractivity contribution in [3.63, 3.8) is 0 Å². The summed E-state index contributed by atoms with van der Waals surface area (Å²) in [6, 6.07) is 3.67. The van der Waals surface area contributed by atoms with Crippen molar-refractivity contribution in [1.82, 2.24) is 20.1 Å². The molecule has 5 nitrogen and oxygen atoms in total. The average Bonchev–Trinajstić information content (AvgIpc) is 2.80. The standard InChI is InChI=1S/C17H22N4O/c1-11-5-6-12(9-18-11)16(22)20-14-7-17(2,3)8-15-13(14)10-19-21(15)4/h5-6,9-10,14H,7-8H2,1-4H3,(H,20,22)/t14-/m1/s1. The maximum atomic E-state index is 12.5. The number of rotatable bonds is 2. The summed E-state index contributed by atoms with van der Waals surface area (Å²) in [5.74, 6) is -0.0787. The van der Waals surface area contributed by atoms with Gasteiger partial charge in [0.05, 0.1) is 17.8 Å². The second-order valence-electron chi connectivity index (χ2n) is 6.93. The summed E-state index contributed by atoms with van der Waals surface area (Å²) in [4.78, 5) is 16.7. The van der Waals surface area contributed by atoms with Crippen molar-refractivity contribution in [2.24, 2.45) is 12.5 Å². The molecule has 5 heteroatoms. The van der Waals surface area contributed by atoms with E-state index in [1.54, 1.807) is 6.20 Å². The van der Waals surface area contributed by atoms with Gasteiger partial charge in [-0.2, -0.15) is 5.10 Å². The molecule has 1 atom stereocenters. The van der Waals surface area contributed by atoms with E-state index in [0.29, 0.717) is 5.56 Å². The van der Waals surface area contributed by atoms with Crippen LogP contribution in [0.25, 0.3) is 0 Å². The first-order chi connectivity index (χ1) is 10.4. The fourth-order valence-corrected chi connectivity index (χ4v) is 3.15. The largest absolute Gasteiger partial charge is 0.345 e. The van der Waals surface area contributed by atoms with E-state index in [0.717, 1.165) is 24.1 Å². The lowest BCUT2D eigenvalue weighted by atomic mass is 9.74. The van der Waals surface area contributed by atoms with Crippen LogP contribution >= 0.6 is 0 Å². The fraction of sp³-hybridized carbons (Fsp3) is 0.471. The number of nitrogens with one attached hydrogen (secondary N) is 1. The van der Waals surface area contributed by atoms with Gasteiger partial charge in [-0.15, -0.1) is 0 Å².